The molecular weight excluding hydrogens is 229 g/mol. The van der Waals surface area contributed by atoms with Crippen molar-refractivity contribution in [2.45, 2.75) is 0 Å². The molecule has 0 saturated carbocycles. The van der Waals surface area contributed by atoms with Crippen LogP contribution in [0.2, 0.25) is 0 Å². The molecule has 0 bridgehead atoms. The molecule has 0 atom stereocenters. The van der Waals surface area contributed by atoms with E-state index in [4.69, 9.17) is 7.85 Å². The Morgan fingerprint density at radius 1 is 1.07 bits per heavy atom. The summed E-state index contributed by atoms with van der Waals surface area (Å²) in [6.07, 6.45) is 0. The van der Waals surface area contributed by atoms with Gasteiger partial charge in [0, 0.05) is 5.39 Å². The van der Waals surface area contributed by atoms with Gasteiger partial charge in [-0.3, -0.25) is 5.46 Å². The van der Waals surface area contributed by atoms with Gasteiger partial charge in [0.2, 0.25) is 5.95 Å². The molecule has 0 aliphatic carbocycles. The van der Waals surface area contributed by atoms with E-state index < -0.39 is 23.2 Å². The summed E-state index contributed by atoms with van der Waals surface area (Å²) in [6, 6.07) is 3.67. The Balaban J connectivity index is 0.00000112. The molecule has 0 amide bonds. The van der Waals surface area contributed by atoms with Crippen LogP contribution in [0.15, 0.2) is 18.2 Å². The van der Waals surface area contributed by atoms with Gasteiger partial charge in [-0.1, -0.05) is 6.07 Å². The smallest absolute Gasteiger partial charge is 0.573 e. The topological polar surface area (TPSA) is 12.9 Å². The molecule has 2 rings (SSSR count). The number of aromatic nitrogens is 1. The predicted octanol–water partition coefficient (Wildman–Crippen LogP) is -1.55. The number of hydrogen-bond donors (Lipinski definition) is 0. The number of fused-ring (bicyclic) bond motifs is 1. The van der Waals surface area contributed by atoms with Gasteiger partial charge in [0.15, 0.2) is 5.95 Å². The minimum absolute atomic E-state index is 0. The Morgan fingerprint density at radius 2 is 1.73 bits per heavy atom. The van der Waals surface area contributed by atoms with Gasteiger partial charge in [0.05, 0.1) is 0 Å². The number of nitrogens with zero attached hydrogens (tertiary/aromatic N) is 1. The average molecular weight is 232 g/mol. The van der Waals surface area contributed by atoms with Crippen molar-refractivity contribution < 1.29 is 64.6 Å². The van der Waals surface area contributed by atoms with Crippen molar-refractivity contribution in [1.29, 1.82) is 0 Å². The predicted molar refractivity (Wildman–Crippen MR) is 47.0 cm³/mol. The van der Waals surface area contributed by atoms with Crippen LogP contribution in [0.5, 0.6) is 0 Å². The van der Waals surface area contributed by atoms with Crippen LogP contribution in [0, 0.1) is 17.7 Å². The van der Waals surface area contributed by atoms with Crippen LogP contribution in [-0.2, 0) is 0 Å². The van der Waals surface area contributed by atoms with E-state index in [0.717, 1.165) is 6.07 Å². The molecule has 15 heavy (non-hydrogen) atoms. The van der Waals surface area contributed by atoms with Crippen molar-refractivity contribution >= 4 is 24.1 Å². The Labute approximate surface area is 128 Å². The molecule has 0 aliphatic rings. The summed E-state index contributed by atoms with van der Waals surface area (Å²) in [5.41, 5.74) is -0.473. The zero-order chi connectivity index (χ0) is 10.3. The maximum Gasteiger partial charge on any atom is 1.00 e. The van der Waals surface area contributed by atoms with Crippen molar-refractivity contribution in [2.24, 2.45) is 0 Å². The van der Waals surface area contributed by atoms with Gasteiger partial charge in [-0.05, 0) is 17.5 Å². The van der Waals surface area contributed by atoms with Crippen molar-refractivity contribution in [1.82, 2.24) is 4.98 Å². The first-order valence-corrected chi connectivity index (χ1v) is 3.80. The molecule has 0 saturated heterocycles. The van der Waals surface area contributed by atoms with Gasteiger partial charge >= 0.3 is 51.4 Å². The van der Waals surface area contributed by atoms with Crippen molar-refractivity contribution in [2.75, 3.05) is 0 Å². The third kappa shape index (κ3) is 2.29. The van der Waals surface area contributed by atoms with E-state index >= 15 is 0 Å². The Morgan fingerprint density at radius 3 is 2.40 bits per heavy atom. The van der Waals surface area contributed by atoms with Crippen molar-refractivity contribution in [3.05, 3.63) is 35.9 Å². The zero-order valence-electron chi connectivity index (χ0n) is 7.89. The van der Waals surface area contributed by atoms with E-state index in [1.165, 1.54) is 12.1 Å². The summed E-state index contributed by atoms with van der Waals surface area (Å²) in [6.45, 7) is 0. The van der Waals surface area contributed by atoms with Gasteiger partial charge < -0.3 is 7.85 Å². The second-order valence-corrected chi connectivity index (χ2v) is 2.77. The molecule has 0 unspecified atom stereocenters. The van der Waals surface area contributed by atoms with Gasteiger partial charge in [-0.25, -0.2) is 4.39 Å². The number of pyridine rings is 1. The zero-order valence-corrected chi connectivity index (χ0v) is 11.0. The summed E-state index contributed by atoms with van der Waals surface area (Å²) in [5, 5.41) is -0.388. The average Bonchev–Trinajstić information content (AvgIpc) is 2.14. The summed E-state index contributed by atoms with van der Waals surface area (Å²) in [7, 11) is 5.24. The summed E-state index contributed by atoms with van der Waals surface area (Å²) in [4.78, 5) is 2.92. The molecule has 3 radical (unpaired) electrons. The Kier molecular flexibility index (Phi) is 4.37. The minimum Gasteiger partial charge on any atom is -0.573 e. The second-order valence-electron chi connectivity index (χ2n) is 2.77. The molecule has 1 nitrogen and oxygen atoms in total. The van der Waals surface area contributed by atoms with E-state index in [2.05, 4.69) is 4.98 Å². The van der Waals surface area contributed by atoms with Crippen LogP contribution < -0.4 is 56.8 Å². The summed E-state index contributed by atoms with van der Waals surface area (Å²) < 4.78 is 39.0. The molecule has 0 aliphatic heterocycles. The van der Waals surface area contributed by atoms with Gasteiger partial charge in [-0.2, -0.15) is 13.8 Å². The molecular formula is C9H3BF3KN. The molecule has 6 heteroatoms. The summed E-state index contributed by atoms with van der Waals surface area (Å²) >= 11 is 0. The third-order valence-electron chi connectivity index (χ3n) is 1.92. The molecule has 0 N–H and O–H groups in total. The molecule has 69 valence electrons. The van der Waals surface area contributed by atoms with Crippen LogP contribution in [0.25, 0.3) is 10.8 Å². The molecule has 0 spiro atoms. The maximum atomic E-state index is 13.2. The number of rotatable bonds is 0. The van der Waals surface area contributed by atoms with E-state index in [1.54, 1.807) is 0 Å². The fourth-order valence-electron chi connectivity index (χ4n) is 1.28. The largest absolute Gasteiger partial charge is 1.00 e. The molecule has 1 aromatic carbocycles. The van der Waals surface area contributed by atoms with Crippen LogP contribution in [-0.4, -0.2) is 12.8 Å². The first-order chi connectivity index (χ1) is 6.61. The van der Waals surface area contributed by atoms with Gasteiger partial charge in [0.1, 0.15) is 5.82 Å². The van der Waals surface area contributed by atoms with E-state index in [-0.39, 0.29) is 62.2 Å². The number of hydrogen-bond acceptors (Lipinski definition) is 1. The Bertz CT molecular complexity index is 518. The quantitative estimate of drug-likeness (QED) is 0.396. The second kappa shape index (κ2) is 4.97. The van der Waals surface area contributed by atoms with Crippen LogP contribution in [0.1, 0.15) is 0 Å². The third-order valence-corrected chi connectivity index (χ3v) is 1.92. The Hall–Kier alpha value is 0.121. The van der Waals surface area contributed by atoms with Crippen LogP contribution in [0.4, 0.5) is 13.2 Å². The van der Waals surface area contributed by atoms with E-state index in [9.17, 15) is 13.2 Å². The fraction of sp³-hybridized carbons (Fsp3) is 0. The minimum atomic E-state index is -1.19. The van der Waals surface area contributed by atoms with Gasteiger partial charge in [-0.15, -0.1) is 0 Å². The summed E-state index contributed by atoms with van der Waals surface area (Å²) in [5.74, 6) is -3.02. The molecule has 0 fully saturated rings. The van der Waals surface area contributed by atoms with E-state index in [1.807, 2.05) is 0 Å². The maximum absolute atomic E-state index is 13.2. The number of benzene rings is 1. The number of halogens is 3. The normalized spacial score (nSPS) is 10.1. The van der Waals surface area contributed by atoms with Crippen molar-refractivity contribution in [3.8, 4) is 0 Å². The first-order valence-electron chi connectivity index (χ1n) is 3.80. The van der Waals surface area contributed by atoms with E-state index in [0.29, 0.717) is 0 Å². The fourth-order valence-corrected chi connectivity index (χ4v) is 1.28. The van der Waals surface area contributed by atoms with Gasteiger partial charge in [0.25, 0.3) is 0 Å². The van der Waals surface area contributed by atoms with Crippen LogP contribution >= 0.6 is 0 Å². The SMILES string of the molecule is [B-]c1c(F)nc(F)c2cccc(F)c12.[K+]. The molecule has 1 aromatic heterocycles. The molecule has 1 heterocycles. The molecule has 2 aromatic rings. The van der Waals surface area contributed by atoms with Crippen LogP contribution in [0.3, 0.4) is 0 Å². The standard InChI is InChI=1S/C9H3BF3N.K/c10-7-6-4(2-1-3-5(6)11)8(12)14-9(7)13;/h1-3H;/q-1;+1. The monoisotopic (exact) mass is 232 g/mol. The van der Waals surface area contributed by atoms with Crippen molar-refractivity contribution in [3.63, 3.8) is 0 Å². The first kappa shape index (κ1) is 13.2.